The third-order valence-electron chi connectivity index (χ3n) is 6.97. The van der Waals surface area contributed by atoms with E-state index in [1.165, 1.54) is 17.3 Å². The van der Waals surface area contributed by atoms with Gasteiger partial charge in [0, 0.05) is 27.2 Å². The molecule has 0 aliphatic heterocycles. The number of nitrogens with one attached hydrogen (secondary N) is 3. The number of benzene rings is 5. The van der Waals surface area contributed by atoms with Crippen LogP contribution in [0.15, 0.2) is 132 Å². The van der Waals surface area contributed by atoms with Crippen molar-refractivity contribution in [1.82, 2.24) is 5.32 Å². The van der Waals surface area contributed by atoms with E-state index in [0.29, 0.717) is 17.2 Å². The SMILES string of the molecule is CC(C)c1ccc(/C=C(/NC(=O)c2ccccc2)C(=O)Nc2cccc(SCC(=O)Nc3cccc4ccccc34)c2)cc1. The molecule has 0 fully saturated rings. The number of carbonyl (C=O) groups excluding carboxylic acids is 3. The Morgan fingerprint density at radius 1 is 0.750 bits per heavy atom. The van der Waals surface area contributed by atoms with E-state index in [2.05, 4.69) is 29.8 Å². The Labute approximate surface area is 261 Å². The lowest BCUT2D eigenvalue weighted by atomic mass is 10.0. The molecule has 0 spiro atoms. The molecule has 220 valence electrons. The summed E-state index contributed by atoms with van der Waals surface area (Å²) in [7, 11) is 0. The third-order valence-corrected chi connectivity index (χ3v) is 7.96. The molecule has 0 bridgehead atoms. The second-order valence-corrected chi connectivity index (χ2v) is 11.6. The van der Waals surface area contributed by atoms with Gasteiger partial charge in [-0.25, -0.2) is 0 Å². The van der Waals surface area contributed by atoms with E-state index in [4.69, 9.17) is 0 Å². The number of amides is 3. The van der Waals surface area contributed by atoms with Crippen LogP contribution in [0.5, 0.6) is 0 Å². The molecule has 0 saturated carbocycles. The molecule has 5 aromatic carbocycles. The average Bonchev–Trinajstić information content (AvgIpc) is 3.04. The Morgan fingerprint density at radius 2 is 1.45 bits per heavy atom. The van der Waals surface area contributed by atoms with Crippen LogP contribution < -0.4 is 16.0 Å². The van der Waals surface area contributed by atoms with Gasteiger partial charge in [0.2, 0.25) is 5.91 Å². The van der Waals surface area contributed by atoms with Gasteiger partial charge in [0.1, 0.15) is 5.70 Å². The Hall–Kier alpha value is -5.14. The Kier molecular flexibility index (Phi) is 9.89. The lowest BCUT2D eigenvalue weighted by molar-refractivity contribution is -0.114. The van der Waals surface area contributed by atoms with E-state index in [1.54, 1.807) is 36.4 Å². The number of thioether (sulfide) groups is 1. The quantitative estimate of drug-likeness (QED) is 0.112. The zero-order valence-corrected chi connectivity index (χ0v) is 25.4. The molecule has 0 aliphatic rings. The van der Waals surface area contributed by atoms with Crippen molar-refractivity contribution in [2.75, 3.05) is 16.4 Å². The molecular formula is C37H33N3O3S. The van der Waals surface area contributed by atoms with Gasteiger partial charge in [-0.3, -0.25) is 14.4 Å². The average molecular weight is 600 g/mol. The van der Waals surface area contributed by atoms with Crippen molar-refractivity contribution in [2.45, 2.75) is 24.7 Å². The van der Waals surface area contributed by atoms with Crippen LogP contribution in [0.4, 0.5) is 11.4 Å². The Morgan fingerprint density at radius 3 is 2.23 bits per heavy atom. The fourth-order valence-corrected chi connectivity index (χ4v) is 5.37. The highest BCUT2D eigenvalue weighted by atomic mass is 32.2. The van der Waals surface area contributed by atoms with Gasteiger partial charge >= 0.3 is 0 Å². The lowest BCUT2D eigenvalue weighted by Crippen LogP contribution is -2.30. The predicted octanol–water partition coefficient (Wildman–Crippen LogP) is 8.10. The molecule has 0 saturated heterocycles. The maximum absolute atomic E-state index is 13.5. The van der Waals surface area contributed by atoms with Crippen LogP contribution >= 0.6 is 11.8 Å². The zero-order valence-electron chi connectivity index (χ0n) is 24.5. The van der Waals surface area contributed by atoms with E-state index in [-0.39, 0.29) is 23.3 Å². The van der Waals surface area contributed by atoms with E-state index >= 15 is 0 Å². The number of hydrogen-bond acceptors (Lipinski definition) is 4. The van der Waals surface area contributed by atoms with Crippen molar-refractivity contribution in [3.63, 3.8) is 0 Å². The first kappa shape index (κ1) is 30.3. The summed E-state index contributed by atoms with van der Waals surface area (Å²) in [5.74, 6) is -0.391. The third kappa shape index (κ3) is 8.02. The maximum Gasteiger partial charge on any atom is 0.272 e. The van der Waals surface area contributed by atoms with Gasteiger partial charge in [0.25, 0.3) is 11.8 Å². The summed E-state index contributed by atoms with van der Waals surface area (Å²) in [5, 5.41) is 10.7. The van der Waals surface area contributed by atoms with Crippen LogP contribution in [0.25, 0.3) is 16.8 Å². The number of rotatable bonds is 10. The summed E-state index contributed by atoms with van der Waals surface area (Å²) in [6, 6.07) is 37.7. The van der Waals surface area contributed by atoms with E-state index < -0.39 is 5.91 Å². The number of fused-ring (bicyclic) bond motifs is 1. The summed E-state index contributed by atoms with van der Waals surface area (Å²) >= 11 is 1.37. The Bertz CT molecular complexity index is 1810. The van der Waals surface area contributed by atoms with Crippen LogP contribution in [0.3, 0.4) is 0 Å². The highest BCUT2D eigenvalue weighted by Gasteiger charge is 2.16. The molecule has 6 nitrogen and oxygen atoms in total. The lowest BCUT2D eigenvalue weighted by Gasteiger charge is -2.13. The highest BCUT2D eigenvalue weighted by molar-refractivity contribution is 8.00. The first-order valence-electron chi connectivity index (χ1n) is 14.4. The van der Waals surface area contributed by atoms with Crippen LogP contribution in [0.2, 0.25) is 0 Å². The molecule has 7 heteroatoms. The Balaban J connectivity index is 1.27. The minimum absolute atomic E-state index is 0.115. The molecule has 5 rings (SSSR count). The molecule has 0 aromatic heterocycles. The maximum atomic E-state index is 13.5. The number of carbonyl (C=O) groups is 3. The van der Waals surface area contributed by atoms with Crippen molar-refractivity contribution >= 4 is 57.7 Å². The summed E-state index contributed by atoms with van der Waals surface area (Å²) in [6.07, 6.45) is 1.66. The van der Waals surface area contributed by atoms with Crippen LogP contribution in [-0.4, -0.2) is 23.5 Å². The van der Waals surface area contributed by atoms with Gasteiger partial charge in [0.15, 0.2) is 0 Å². The van der Waals surface area contributed by atoms with Crippen molar-refractivity contribution in [1.29, 1.82) is 0 Å². The minimum Gasteiger partial charge on any atom is -0.325 e. The smallest absolute Gasteiger partial charge is 0.272 e. The van der Waals surface area contributed by atoms with Crippen molar-refractivity contribution < 1.29 is 14.4 Å². The van der Waals surface area contributed by atoms with Crippen LogP contribution in [-0.2, 0) is 9.59 Å². The van der Waals surface area contributed by atoms with Crippen LogP contribution in [0.1, 0.15) is 41.3 Å². The van der Waals surface area contributed by atoms with E-state index in [0.717, 1.165) is 26.9 Å². The molecule has 44 heavy (non-hydrogen) atoms. The fraction of sp³-hybridized carbons (Fsp3) is 0.108. The van der Waals surface area contributed by atoms with Gasteiger partial charge in [0.05, 0.1) is 5.75 Å². The molecule has 0 radical (unpaired) electrons. The molecule has 0 atom stereocenters. The molecule has 5 aromatic rings. The molecule has 0 heterocycles. The predicted molar refractivity (Wildman–Crippen MR) is 181 cm³/mol. The van der Waals surface area contributed by atoms with Crippen LogP contribution in [0, 0.1) is 0 Å². The molecule has 3 amide bonds. The molecular weight excluding hydrogens is 566 g/mol. The first-order chi connectivity index (χ1) is 21.4. The molecule has 0 aliphatic carbocycles. The first-order valence-corrected chi connectivity index (χ1v) is 15.3. The minimum atomic E-state index is -0.460. The van der Waals surface area contributed by atoms with Gasteiger partial charge in [-0.05, 0) is 64.9 Å². The zero-order chi connectivity index (χ0) is 30.9. The van der Waals surface area contributed by atoms with E-state index in [9.17, 15) is 14.4 Å². The fourth-order valence-electron chi connectivity index (χ4n) is 4.62. The number of anilines is 2. The van der Waals surface area contributed by atoms with Gasteiger partial charge in [-0.15, -0.1) is 11.8 Å². The highest BCUT2D eigenvalue weighted by Crippen LogP contribution is 2.25. The van der Waals surface area contributed by atoms with E-state index in [1.807, 2.05) is 91.0 Å². The normalized spacial score (nSPS) is 11.3. The second-order valence-electron chi connectivity index (χ2n) is 10.5. The van der Waals surface area contributed by atoms with Crippen molar-refractivity contribution in [3.05, 3.63) is 144 Å². The second kappa shape index (κ2) is 14.4. The topological polar surface area (TPSA) is 87.3 Å². The van der Waals surface area contributed by atoms with Gasteiger partial charge < -0.3 is 16.0 Å². The van der Waals surface area contributed by atoms with Gasteiger partial charge in [-0.1, -0.05) is 98.8 Å². The number of hydrogen-bond donors (Lipinski definition) is 3. The summed E-state index contributed by atoms with van der Waals surface area (Å²) in [4.78, 5) is 40.1. The van der Waals surface area contributed by atoms with Gasteiger partial charge in [-0.2, -0.15) is 0 Å². The molecule has 3 N–H and O–H groups in total. The van der Waals surface area contributed by atoms with Crippen molar-refractivity contribution in [3.8, 4) is 0 Å². The molecule has 0 unspecified atom stereocenters. The standard InChI is InChI=1S/C37H33N3O3S/c1-25(2)27-20-18-26(19-21-27)22-34(40-36(42)29-11-4-3-5-12-29)37(43)38-30-14-9-15-31(23-30)44-24-35(41)39-33-17-8-13-28-10-6-7-16-32(28)33/h3-23,25H,24H2,1-2H3,(H,38,43)(H,39,41)(H,40,42)/b34-22+. The summed E-state index contributed by atoms with van der Waals surface area (Å²) < 4.78 is 0. The van der Waals surface area contributed by atoms with Crippen molar-refractivity contribution in [2.24, 2.45) is 0 Å². The summed E-state index contributed by atoms with van der Waals surface area (Å²) in [5.41, 5.74) is 3.84. The monoisotopic (exact) mass is 599 g/mol. The largest absolute Gasteiger partial charge is 0.325 e. The summed E-state index contributed by atoms with van der Waals surface area (Å²) in [6.45, 7) is 4.24.